The van der Waals surface area contributed by atoms with E-state index in [-0.39, 0.29) is 11.7 Å². The molecule has 0 radical (unpaired) electrons. The molecule has 2 aromatic carbocycles. The summed E-state index contributed by atoms with van der Waals surface area (Å²) in [6.45, 7) is 1.33. The zero-order valence-electron chi connectivity index (χ0n) is 17.1. The van der Waals surface area contributed by atoms with E-state index in [0.717, 1.165) is 24.3 Å². The van der Waals surface area contributed by atoms with Gasteiger partial charge in [0.05, 0.1) is 13.4 Å². The summed E-state index contributed by atoms with van der Waals surface area (Å²) >= 11 is 0. The molecule has 7 heteroatoms. The highest BCUT2D eigenvalue weighted by Gasteiger charge is 2.09. The Kier molecular flexibility index (Phi) is 7.49. The molecule has 3 rings (SSSR count). The SMILES string of the molecule is CN=C(NCCc1ccc(OC)cc1)NCc1cccc(NC(=O)c2ccco2)c1. The Morgan fingerprint density at radius 1 is 1.03 bits per heavy atom. The van der Waals surface area contributed by atoms with Crippen molar-refractivity contribution in [2.24, 2.45) is 4.99 Å². The normalized spacial score (nSPS) is 11.1. The number of nitrogens with zero attached hydrogens (tertiary/aromatic N) is 1. The Bertz CT molecular complexity index is 966. The van der Waals surface area contributed by atoms with Gasteiger partial charge in [-0.1, -0.05) is 24.3 Å². The lowest BCUT2D eigenvalue weighted by molar-refractivity contribution is 0.0996. The fourth-order valence-corrected chi connectivity index (χ4v) is 2.88. The molecule has 3 N–H and O–H groups in total. The van der Waals surface area contributed by atoms with Gasteiger partial charge in [0.15, 0.2) is 11.7 Å². The van der Waals surface area contributed by atoms with Gasteiger partial charge in [-0.05, 0) is 53.9 Å². The van der Waals surface area contributed by atoms with Gasteiger partial charge in [0, 0.05) is 25.8 Å². The van der Waals surface area contributed by atoms with Crippen molar-refractivity contribution in [3.8, 4) is 5.75 Å². The van der Waals surface area contributed by atoms with Crippen LogP contribution in [0.15, 0.2) is 76.3 Å². The van der Waals surface area contributed by atoms with Gasteiger partial charge >= 0.3 is 0 Å². The zero-order valence-corrected chi connectivity index (χ0v) is 17.1. The molecule has 7 nitrogen and oxygen atoms in total. The van der Waals surface area contributed by atoms with Gasteiger partial charge < -0.3 is 25.1 Å². The third-order valence-corrected chi connectivity index (χ3v) is 4.48. The minimum absolute atomic E-state index is 0.277. The van der Waals surface area contributed by atoms with Crippen molar-refractivity contribution in [2.75, 3.05) is 26.0 Å². The van der Waals surface area contributed by atoms with E-state index in [1.54, 1.807) is 26.3 Å². The number of methoxy groups -OCH3 is 1. The summed E-state index contributed by atoms with van der Waals surface area (Å²) in [5, 5.41) is 9.43. The summed E-state index contributed by atoms with van der Waals surface area (Å²) in [6.07, 6.45) is 2.35. The molecule has 0 saturated heterocycles. The predicted octanol–water partition coefficient (Wildman–Crippen LogP) is 3.45. The Morgan fingerprint density at radius 2 is 1.87 bits per heavy atom. The number of aliphatic imine (C=N–C) groups is 1. The van der Waals surface area contributed by atoms with Gasteiger partial charge in [-0.25, -0.2) is 0 Å². The summed E-state index contributed by atoms with van der Waals surface area (Å²) in [7, 11) is 3.40. The first-order valence-corrected chi connectivity index (χ1v) is 9.69. The number of nitrogens with one attached hydrogen (secondary N) is 3. The van der Waals surface area contributed by atoms with Gasteiger partial charge in [-0.3, -0.25) is 9.79 Å². The maximum absolute atomic E-state index is 12.1. The van der Waals surface area contributed by atoms with Crippen molar-refractivity contribution in [1.29, 1.82) is 0 Å². The molecule has 0 unspecified atom stereocenters. The van der Waals surface area contributed by atoms with E-state index >= 15 is 0 Å². The van der Waals surface area contributed by atoms with E-state index in [4.69, 9.17) is 9.15 Å². The molecule has 0 aliphatic heterocycles. The highest BCUT2D eigenvalue weighted by molar-refractivity contribution is 6.02. The Labute approximate surface area is 176 Å². The van der Waals surface area contributed by atoms with E-state index in [1.807, 2.05) is 36.4 Å². The average molecular weight is 406 g/mol. The van der Waals surface area contributed by atoms with Crippen LogP contribution in [0.4, 0.5) is 5.69 Å². The Hall–Kier alpha value is -3.74. The van der Waals surface area contributed by atoms with Crippen LogP contribution in [-0.4, -0.2) is 32.6 Å². The number of hydrogen-bond acceptors (Lipinski definition) is 4. The summed E-state index contributed by atoms with van der Waals surface area (Å²) in [4.78, 5) is 16.4. The predicted molar refractivity (Wildman–Crippen MR) is 118 cm³/mol. The first kappa shape index (κ1) is 21.0. The molecule has 0 aliphatic carbocycles. The van der Waals surface area contributed by atoms with Gasteiger partial charge in [0.2, 0.25) is 0 Å². The highest BCUT2D eigenvalue weighted by Crippen LogP contribution is 2.13. The molecule has 0 fully saturated rings. The number of guanidine groups is 1. The summed E-state index contributed by atoms with van der Waals surface area (Å²) in [5.41, 5.74) is 2.95. The van der Waals surface area contributed by atoms with Crippen LogP contribution < -0.4 is 20.7 Å². The van der Waals surface area contributed by atoms with Crippen molar-refractivity contribution in [1.82, 2.24) is 10.6 Å². The maximum atomic E-state index is 12.1. The van der Waals surface area contributed by atoms with E-state index in [0.29, 0.717) is 18.2 Å². The number of amides is 1. The van der Waals surface area contributed by atoms with Crippen molar-refractivity contribution >= 4 is 17.6 Å². The molecule has 1 aromatic heterocycles. The van der Waals surface area contributed by atoms with Crippen molar-refractivity contribution < 1.29 is 13.9 Å². The van der Waals surface area contributed by atoms with E-state index < -0.39 is 0 Å². The molecule has 1 amide bonds. The second-order valence-electron chi connectivity index (χ2n) is 6.58. The van der Waals surface area contributed by atoms with Crippen molar-refractivity contribution in [3.63, 3.8) is 0 Å². The van der Waals surface area contributed by atoms with Crippen molar-refractivity contribution in [3.05, 3.63) is 83.8 Å². The van der Waals surface area contributed by atoms with Crippen LogP contribution >= 0.6 is 0 Å². The summed E-state index contributed by atoms with van der Waals surface area (Å²) in [6, 6.07) is 19.0. The zero-order chi connectivity index (χ0) is 21.2. The van der Waals surface area contributed by atoms with Crippen LogP contribution in [0.5, 0.6) is 5.75 Å². The fourth-order valence-electron chi connectivity index (χ4n) is 2.88. The molecule has 156 valence electrons. The first-order valence-electron chi connectivity index (χ1n) is 9.69. The summed E-state index contributed by atoms with van der Waals surface area (Å²) < 4.78 is 10.3. The van der Waals surface area contributed by atoms with Crippen LogP contribution in [0.2, 0.25) is 0 Å². The van der Waals surface area contributed by atoms with E-state index in [9.17, 15) is 4.79 Å². The van der Waals surface area contributed by atoms with E-state index in [2.05, 4.69) is 33.1 Å². The monoisotopic (exact) mass is 406 g/mol. The third-order valence-electron chi connectivity index (χ3n) is 4.48. The maximum Gasteiger partial charge on any atom is 0.291 e. The van der Waals surface area contributed by atoms with Gasteiger partial charge in [-0.2, -0.15) is 0 Å². The highest BCUT2D eigenvalue weighted by atomic mass is 16.5. The molecular formula is C23H26N4O3. The van der Waals surface area contributed by atoms with Crippen LogP contribution in [-0.2, 0) is 13.0 Å². The first-order chi connectivity index (χ1) is 14.7. The second kappa shape index (κ2) is 10.7. The van der Waals surface area contributed by atoms with Gasteiger partial charge in [0.1, 0.15) is 5.75 Å². The van der Waals surface area contributed by atoms with Gasteiger partial charge in [-0.15, -0.1) is 0 Å². The van der Waals surface area contributed by atoms with Crippen LogP contribution in [0.25, 0.3) is 0 Å². The molecule has 1 heterocycles. The molecule has 0 aliphatic rings. The lowest BCUT2D eigenvalue weighted by Gasteiger charge is -2.13. The molecule has 0 bridgehead atoms. The lowest BCUT2D eigenvalue weighted by atomic mass is 10.1. The number of benzene rings is 2. The number of hydrogen-bond donors (Lipinski definition) is 3. The third kappa shape index (κ3) is 6.13. The van der Waals surface area contributed by atoms with Crippen molar-refractivity contribution in [2.45, 2.75) is 13.0 Å². The van der Waals surface area contributed by atoms with Crippen LogP contribution in [0.3, 0.4) is 0 Å². The largest absolute Gasteiger partial charge is 0.497 e. The number of anilines is 1. The quantitative estimate of drug-likeness (QED) is 0.394. The number of rotatable bonds is 8. The Morgan fingerprint density at radius 3 is 2.57 bits per heavy atom. The molecule has 30 heavy (non-hydrogen) atoms. The minimum Gasteiger partial charge on any atom is -0.497 e. The number of carbonyl (C=O) groups excluding carboxylic acids is 1. The molecule has 0 saturated carbocycles. The summed E-state index contributed by atoms with van der Waals surface area (Å²) in [5.74, 6) is 1.57. The molecular weight excluding hydrogens is 380 g/mol. The molecule has 0 atom stereocenters. The standard InChI is InChI=1S/C23H26N4O3/c1-24-23(25-13-12-17-8-10-20(29-2)11-9-17)26-16-18-5-3-6-19(15-18)27-22(28)21-7-4-14-30-21/h3-11,14-15H,12-13,16H2,1-2H3,(H,27,28)(H2,24,25,26). The van der Waals surface area contributed by atoms with Crippen LogP contribution in [0.1, 0.15) is 21.7 Å². The number of ether oxygens (including phenoxy) is 1. The van der Waals surface area contributed by atoms with E-state index in [1.165, 1.54) is 11.8 Å². The fraction of sp³-hybridized carbons (Fsp3) is 0.217. The molecule has 3 aromatic rings. The minimum atomic E-state index is -0.277. The van der Waals surface area contributed by atoms with Gasteiger partial charge in [0.25, 0.3) is 5.91 Å². The Balaban J connectivity index is 1.46. The number of furan rings is 1. The second-order valence-corrected chi connectivity index (χ2v) is 6.58. The van der Waals surface area contributed by atoms with Crippen LogP contribution in [0, 0.1) is 0 Å². The topological polar surface area (TPSA) is 87.9 Å². The number of carbonyl (C=O) groups is 1. The molecule has 0 spiro atoms. The smallest absolute Gasteiger partial charge is 0.291 e. The average Bonchev–Trinajstić information content (AvgIpc) is 3.32. The lowest BCUT2D eigenvalue weighted by Crippen LogP contribution is -2.37.